The molecular weight excluding hydrogens is 426 g/mol. The number of likely N-dealkylation sites (tertiary alicyclic amines) is 1. The van der Waals surface area contributed by atoms with E-state index >= 15 is 0 Å². The number of aliphatic hydroxyl groups is 1. The molecule has 178 valence electrons. The van der Waals surface area contributed by atoms with Gasteiger partial charge in [-0.05, 0) is 42.5 Å². The van der Waals surface area contributed by atoms with E-state index in [1.54, 1.807) is 37.4 Å². The number of hydrogen-bond donors (Lipinski definition) is 2. The number of amides is 1. The minimum Gasteiger partial charge on any atom is -0.497 e. The highest BCUT2D eigenvalue weighted by atomic mass is 19.3. The Labute approximate surface area is 193 Å². The highest BCUT2D eigenvalue weighted by Gasteiger charge is 2.53. The van der Waals surface area contributed by atoms with Crippen molar-refractivity contribution in [1.29, 1.82) is 0 Å². The number of rotatable bonds is 7. The molecule has 2 atom stereocenters. The van der Waals surface area contributed by atoms with E-state index in [-0.39, 0.29) is 18.9 Å². The minimum absolute atomic E-state index is 0.0956. The minimum atomic E-state index is -2.85. The Balaban J connectivity index is 1.38. The van der Waals surface area contributed by atoms with Gasteiger partial charge in [-0.15, -0.1) is 0 Å². The van der Waals surface area contributed by atoms with Crippen LogP contribution in [0.3, 0.4) is 0 Å². The van der Waals surface area contributed by atoms with Gasteiger partial charge in [0.2, 0.25) is 5.92 Å². The van der Waals surface area contributed by atoms with Crippen LogP contribution in [0.5, 0.6) is 5.75 Å². The largest absolute Gasteiger partial charge is 0.497 e. The van der Waals surface area contributed by atoms with E-state index in [1.165, 1.54) is 5.56 Å². The Kier molecular flexibility index (Phi) is 7.00. The molecule has 7 heteroatoms. The lowest BCUT2D eigenvalue weighted by molar-refractivity contribution is -0.149. The quantitative estimate of drug-likeness (QED) is 0.656. The maximum Gasteiger partial charge on any atom is 0.257 e. The second-order valence-corrected chi connectivity index (χ2v) is 9.30. The van der Waals surface area contributed by atoms with Crippen LogP contribution in [0.2, 0.25) is 0 Å². The van der Waals surface area contributed by atoms with Gasteiger partial charge in [0.1, 0.15) is 5.75 Å². The number of carbonyl (C=O) groups excluding carboxylic acids is 1. The second kappa shape index (κ2) is 9.77. The van der Waals surface area contributed by atoms with Crippen LogP contribution in [-0.2, 0) is 16.9 Å². The summed E-state index contributed by atoms with van der Waals surface area (Å²) in [5.41, 5.74) is -0.387. The van der Waals surface area contributed by atoms with Gasteiger partial charge in [0.25, 0.3) is 5.91 Å². The summed E-state index contributed by atoms with van der Waals surface area (Å²) in [6.45, 7) is 2.43. The first kappa shape index (κ1) is 23.6. The van der Waals surface area contributed by atoms with Gasteiger partial charge in [0.15, 0.2) is 5.60 Å². The number of alkyl halides is 2. The molecule has 1 saturated carbocycles. The smallest absolute Gasteiger partial charge is 0.257 e. The highest BCUT2D eigenvalue weighted by molar-refractivity contribution is 5.87. The Morgan fingerprint density at radius 2 is 1.79 bits per heavy atom. The van der Waals surface area contributed by atoms with Gasteiger partial charge in [-0.25, -0.2) is 8.78 Å². The summed E-state index contributed by atoms with van der Waals surface area (Å²) in [5, 5.41) is 14.5. The number of carbonyl (C=O) groups is 1. The summed E-state index contributed by atoms with van der Waals surface area (Å²) >= 11 is 0. The van der Waals surface area contributed by atoms with Crippen LogP contribution < -0.4 is 10.1 Å². The van der Waals surface area contributed by atoms with Crippen LogP contribution in [0.4, 0.5) is 8.78 Å². The zero-order valence-electron chi connectivity index (χ0n) is 19.0. The SMILES string of the molecule is COc1ccc(CN2CCC(NC(=O)C(O)(c3ccccc3)[C@@H]3CCC(F)(F)C3)CC2)cc1. The van der Waals surface area contributed by atoms with E-state index in [0.29, 0.717) is 5.56 Å². The second-order valence-electron chi connectivity index (χ2n) is 9.30. The van der Waals surface area contributed by atoms with E-state index in [2.05, 4.69) is 10.2 Å². The number of halogens is 2. The number of benzene rings is 2. The number of hydrogen-bond acceptors (Lipinski definition) is 4. The fraction of sp³-hybridized carbons (Fsp3) is 0.500. The number of ether oxygens (including phenoxy) is 1. The van der Waals surface area contributed by atoms with Crippen LogP contribution in [0.1, 0.15) is 43.2 Å². The van der Waals surface area contributed by atoms with Gasteiger partial charge in [-0.1, -0.05) is 42.5 Å². The Hall–Kier alpha value is -2.51. The van der Waals surface area contributed by atoms with Gasteiger partial charge in [0, 0.05) is 44.4 Å². The number of methoxy groups -OCH3 is 1. The van der Waals surface area contributed by atoms with Gasteiger partial charge >= 0.3 is 0 Å². The molecular formula is C26H32F2N2O3. The Morgan fingerprint density at radius 3 is 2.36 bits per heavy atom. The van der Waals surface area contributed by atoms with Crippen LogP contribution >= 0.6 is 0 Å². The third kappa shape index (κ3) is 5.36. The highest BCUT2D eigenvalue weighted by Crippen LogP contribution is 2.47. The Bertz CT molecular complexity index is 930. The summed E-state index contributed by atoms with van der Waals surface area (Å²) in [5.74, 6) is -3.40. The third-order valence-corrected chi connectivity index (χ3v) is 7.04. The fourth-order valence-electron chi connectivity index (χ4n) is 5.07. The summed E-state index contributed by atoms with van der Waals surface area (Å²) in [6, 6.07) is 16.4. The molecule has 1 aliphatic heterocycles. The van der Waals surface area contributed by atoms with Crippen molar-refractivity contribution in [3.05, 3.63) is 65.7 Å². The summed E-state index contributed by atoms with van der Waals surface area (Å²) in [7, 11) is 1.64. The van der Waals surface area contributed by atoms with Crippen molar-refractivity contribution in [3.63, 3.8) is 0 Å². The van der Waals surface area contributed by atoms with E-state index in [9.17, 15) is 18.7 Å². The van der Waals surface area contributed by atoms with Crippen LogP contribution in [0, 0.1) is 5.92 Å². The normalized spacial score (nSPS) is 23.1. The predicted octanol–water partition coefficient (Wildman–Crippen LogP) is 4.10. The van der Waals surface area contributed by atoms with E-state index in [0.717, 1.165) is 38.2 Å². The average Bonchev–Trinajstić information content (AvgIpc) is 3.21. The van der Waals surface area contributed by atoms with Gasteiger partial charge in [0.05, 0.1) is 7.11 Å². The molecule has 0 radical (unpaired) electrons. The molecule has 2 fully saturated rings. The molecule has 1 amide bonds. The molecule has 2 aliphatic rings. The lowest BCUT2D eigenvalue weighted by atomic mass is 9.79. The van der Waals surface area contributed by atoms with Crippen LogP contribution in [-0.4, -0.2) is 48.1 Å². The van der Waals surface area contributed by atoms with Crippen molar-refractivity contribution in [3.8, 4) is 5.75 Å². The molecule has 2 aromatic carbocycles. The lowest BCUT2D eigenvalue weighted by Gasteiger charge is -2.37. The third-order valence-electron chi connectivity index (χ3n) is 7.04. The molecule has 1 saturated heterocycles. The molecule has 33 heavy (non-hydrogen) atoms. The zero-order chi connectivity index (χ0) is 23.5. The molecule has 2 N–H and O–H groups in total. The van der Waals surface area contributed by atoms with Crippen molar-refractivity contribution < 1.29 is 23.4 Å². The van der Waals surface area contributed by atoms with Crippen molar-refractivity contribution in [2.75, 3.05) is 20.2 Å². The maximum atomic E-state index is 14.0. The first-order valence-electron chi connectivity index (χ1n) is 11.6. The molecule has 5 nitrogen and oxygen atoms in total. The summed E-state index contributed by atoms with van der Waals surface area (Å²) < 4.78 is 33.1. The van der Waals surface area contributed by atoms with Gasteiger partial charge in [-0.3, -0.25) is 9.69 Å². The monoisotopic (exact) mass is 458 g/mol. The van der Waals surface area contributed by atoms with E-state index < -0.39 is 29.8 Å². The molecule has 1 heterocycles. The summed E-state index contributed by atoms with van der Waals surface area (Å²) in [4.78, 5) is 15.7. The van der Waals surface area contributed by atoms with Crippen molar-refractivity contribution >= 4 is 5.91 Å². The first-order valence-corrected chi connectivity index (χ1v) is 11.6. The molecule has 0 aromatic heterocycles. The molecule has 2 aromatic rings. The molecule has 1 aliphatic carbocycles. The Morgan fingerprint density at radius 1 is 1.12 bits per heavy atom. The number of piperidine rings is 1. The van der Waals surface area contributed by atoms with Crippen molar-refractivity contribution in [2.45, 2.75) is 56.2 Å². The number of nitrogens with zero attached hydrogens (tertiary/aromatic N) is 1. The lowest BCUT2D eigenvalue weighted by Crippen LogP contribution is -2.54. The standard InChI is InChI=1S/C26H32F2N2O3/c1-33-23-9-7-19(8-10-23)18-30-15-12-22(13-16-30)29-24(31)26(32,20-5-3-2-4-6-20)21-11-14-25(27,28)17-21/h2-10,21-22,32H,11-18H2,1H3,(H,29,31)/t21-,26?/m1/s1. The predicted molar refractivity (Wildman–Crippen MR) is 122 cm³/mol. The number of nitrogens with one attached hydrogen (secondary N) is 1. The topological polar surface area (TPSA) is 61.8 Å². The maximum absolute atomic E-state index is 14.0. The van der Waals surface area contributed by atoms with Crippen LogP contribution in [0.25, 0.3) is 0 Å². The van der Waals surface area contributed by atoms with Crippen molar-refractivity contribution in [1.82, 2.24) is 10.2 Å². The molecule has 4 rings (SSSR count). The first-order chi connectivity index (χ1) is 15.8. The summed E-state index contributed by atoms with van der Waals surface area (Å²) in [6.07, 6.45) is 0.823. The van der Waals surface area contributed by atoms with E-state index in [1.807, 2.05) is 24.3 Å². The van der Waals surface area contributed by atoms with Gasteiger partial charge in [-0.2, -0.15) is 0 Å². The average molecular weight is 459 g/mol. The van der Waals surface area contributed by atoms with Crippen LogP contribution in [0.15, 0.2) is 54.6 Å². The van der Waals surface area contributed by atoms with Gasteiger partial charge < -0.3 is 15.2 Å². The molecule has 0 spiro atoms. The molecule has 0 bridgehead atoms. The van der Waals surface area contributed by atoms with E-state index in [4.69, 9.17) is 4.74 Å². The zero-order valence-corrected chi connectivity index (χ0v) is 19.0. The molecule has 1 unspecified atom stereocenters. The fourth-order valence-corrected chi connectivity index (χ4v) is 5.07. The van der Waals surface area contributed by atoms with Crippen molar-refractivity contribution in [2.24, 2.45) is 5.92 Å².